The zero-order chi connectivity index (χ0) is 13.2. The van der Waals surface area contributed by atoms with Crippen LogP contribution in [0.15, 0.2) is 0 Å². The van der Waals surface area contributed by atoms with E-state index in [0.717, 1.165) is 35.5 Å². The Balaban J connectivity index is 1.69. The Bertz CT molecular complexity index is 282. The summed E-state index contributed by atoms with van der Waals surface area (Å²) in [6, 6.07) is 0. The zero-order valence-corrected chi connectivity index (χ0v) is 13.2. The highest BCUT2D eigenvalue weighted by Crippen LogP contribution is 2.52. The second-order valence-electron chi connectivity index (χ2n) is 7.93. The third-order valence-corrected chi connectivity index (χ3v) is 7.23. The number of hydrogen-bond acceptors (Lipinski definition) is 0. The van der Waals surface area contributed by atoms with Crippen LogP contribution in [0.4, 0.5) is 0 Å². The molecule has 3 saturated carbocycles. The SMILES string of the molecule is CCC1CCCCC1C1CCC2CCCCC2[C@@H]1C. The first-order chi connectivity index (χ1) is 9.31. The van der Waals surface area contributed by atoms with Gasteiger partial charge in [-0.15, -0.1) is 0 Å². The fourth-order valence-corrected chi connectivity index (χ4v) is 6.18. The van der Waals surface area contributed by atoms with Crippen LogP contribution in [0.2, 0.25) is 0 Å². The zero-order valence-electron chi connectivity index (χ0n) is 13.2. The second kappa shape index (κ2) is 6.19. The Morgan fingerprint density at radius 2 is 1.37 bits per heavy atom. The molecule has 0 N–H and O–H groups in total. The monoisotopic (exact) mass is 262 g/mol. The quantitative estimate of drug-likeness (QED) is 0.568. The van der Waals surface area contributed by atoms with E-state index in [1.165, 1.54) is 32.1 Å². The van der Waals surface area contributed by atoms with Gasteiger partial charge in [-0.1, -0.05) is 58.8 Å². The largest absolute Gasteiger partial charge is 0.0651 e. The Morgan fingerprint density at radius 1 is 0.684 bits per heavy atom. The van der Waals surface area contributed by atoms with Crippen molar-refractivity contribution in [1.82, 2.24) is 0 Å². The van der Waals surface area contributed by atoms with E-state index in [0.29, 0.717) is 0 Å². The van der Waals surface area contributed by atoms with Crippen molar-refractivity contribution in [2.75, 3.05) is 0 Å². The Labute approximate surface area is 120 Å². The number of rotatable bonds is 2. The van der Waals surface area contributed by atoms with Crippen molar-refractivity contribution < 1.29 is 0 Å². The Morgan fingerprint density at radius 3 is 2.16 bits per heavy atom. The lowest BCUT2D eigenvalue weighted by Crippen LogP contribution is -2.40. The van der Waals surface area contributed by atoms with Crippen molar-refractivity contribution in [3.05, 3.63) is 0 Å². The molecule has 0 amide bonds. The molecule has 0 saturated heterocycles. The normalized spacial score (nSPS) is 47.7. The Hall–Kier alpha value is 0. The van der Waals surface area contributed by atoms with E-state index in [2.05, 4.69) is 13.8 Å². The van der Waals surface area contributed by atoms with E-state index in [1.807, 2.05) is 0 Å². The molecule has 19 heavy (non-hydrogen) atoms. The summed E-state index contributed by atoms with van der Waals surface area (Å²) in [7, 11) is 0. The first kappa shape index (κ1) is 14.0. The van der Waals surface area contributed by atoms with Crippen molar-refractivity contribution >= 4 is 0 Å². The first-order valence-corrected chi connectivity index (χ1v) is 9.31. The van der Waals surface area contributed by atoms with Gasteiger partial charge in [-0.3, -0.25) is 0 Å². The van der Waals surface area contributed by atoms with Crippen molar-refractivity contribution in [3.63, 3.8) is 0 Å². The average Bonchev–Trinajstić information content (AvgIpc) is 2.48. The van der Waals surface area contributed by atoms with Gasteiger partial charge in [0.25, 0.3) is 0 Å². The predicted molar refractivity (Wildman–Crippen MR) is 83.1 cm³/mol. The van der Waals surface area contributed by atoms with E-state index >= 15 is 0 Å². The molecule has 0 heteroatoms. The lowest BCUT2D eigenvalue weighted by molar-refractivity contribution is 0.00590. The maximum Gasteiger partial charge on any atom is -0.0355 e. The van der Waals surface area contributed by atoms with Crippen LogP contribution in [-0.4, -0.2) is 0 Å². The molecule has 6 atom stereocenters. The van der Waals surface area contributed by atoms with Crippen molar-refractivity contribution in [2.24, 2.45) is 35.5 Å². The highest BCUT2D eigenvalue weighted by molar-refractivity contribution is 4.92. The summed E-state index contributed by atoms with van der Waals surface area (Å²) in [6.45, 7) is 5.08. The van der Waals surface area contributed by atoms with Crippen LogP contribution in [0.5, 0.6) is 0 Å². The maximum atomic E-state index is 2.63. The van der Waals surface area contributed by atoms with Gasteiger partial charge in [-0.2, -0.15) is 0 Å². The van der Waals surface area contributed by atoms with Crippen LogP contribution in [0.3, 0.4) is 0 Å². The van der Waals surface area contributed by atoms with Crippen LogP contribution >= 0.6 is 0 Å². The molecule has 110 valence electrons. The molecule has 0 heterocycles. The van der Waals surface area contributed by atoms with E-state index in [1.54, 1.807) is 38.5 Å². The van der Waals surface area contributed by atoms with Gasteiger partial charge in [0.1, 0.15) is 0 Å². The fourth-order valence-electron chi connectivity index (χ4n) is 6.18. The predicted octanol–water partition coefficient (Wildman–Crippen LogP) is 6.06. The number of hydrogen-bond donors (Lipinski definition) is 0. The minimum Gasteiger partial charge on any atom is -0.0651 e. The third kappa shape index (κ3) is 2.74. The van der Waals surface area contributed by atoms with Crippen LogP contribution in [0.1, 0.15) is 84.5 Å². The highest BCUT2D eigenvalue weighted by Gasteiger charge is 2.42. The summed E-state index contributed by atoms with van der Waals surface area (Å²) in [5.41, 5.74) is 0. The van der Waals surface area contributed by atoms with Crippen LogP contribution in [0.25, 0.3) is 0 Å². The van der Waals surface area contributed by atoms with E-state index < -0.39 is 0 Å². The second-order valence-corrected chi connectivity index (χ2v) is 7.93. The van der Waals surface area contributed by atoms with Gasteiger partial charge >= 0.3 is 0 Å². The summed E-state index contributed by atoms with van der Waals surface area (Å²) in [4.78, 5) is 0. The van der Waals surface area contributed by atoms with E-state index in [-0.39, 0.29) is 0 Å². The standard InChI is InChI=1S/C19H34/c1-3-15-8-4-7-11-19(15)18-13-12-16-9-5-6-10-17(16)14(18)2/h14-19H,3-13H2,1-2H3/t14-,15?,16?,17?,18?,19?/m0/s1. The molecular formula is C19H34. The maximum absolute atomic E-state index is 2.63. The lowest BCUT2D eigenvalue weighted by Gasteiger charge is -2.49. The van der Waals surface area contributed by atoms with E-state index in [4.69, 9.17) is 0 Å². The van der Waals surface area contributed by atoms with Gasteiger partial charge in [-0.25, -0.2) is 0 Å². The van der Waals surface area contributed by atoms with Crippen LogP contribution in [-0.2, 0) is 0 Å². The average molecular weight is 262 g/mol. The molecule has 0 radical (unpaired) electrons. The third-order valence-electron chi connectivity index (χ3n) is 7.23. The summed E-state index contributed by atoms with van der Waals surface area (Å²) >= 11 is 0. The minimum atomic E-state index is 1.04. The number of fused-ring (bicyclic) bond motifs is 1. The Kier molecular flexibility index (Phi) is 4.54. The van der Waals surface area contributed by atoms with Gasteiger partial charge in [0.2, 0.25) is 0 Å². The van der Waals surface area contributed by atoms with Gasteiger partial charge in [0, 0.05) is 0 Å². The molecule has 3 fully saturated rings. The molecule has 0 aliphatic heterocycles. The van der Waals surface area contributed by atoms with Gasteiger partial charge in [0.15, 0.2) is 0 Å². The molecule has 3 rings (SSSR count). The van der Waals surface area contributed by atoms with Crippen LogP contribution in [0, 0.1) is 35.5 Å². The topological polar surface area (TPSA) is 0 Å². The fraction of sp³-hybridized carbons (Fsp3) is 1.00. The molecule has 5 unspecified atom stereocenters. The molecule has 0 aromatic carbocycles. The molecule has 0 aromatic rings. The molecule has 0 aromatic heterocycles. The van der Waals surface area contributed by atoms with Crippen LogP contribution < -0.4 is 0 Å². The molecule has 3 aliphatic carbocycles. The summed E-state index contributed by atoms with van der Waals surface area (Å²) in [6.07, 6.45) is 16.9. The molecule has 0 nitrogen and oxygen atoms in total. The van der Waals surface area contributed by atoms with Gasteiger partial charge in [0.05, 0.1) is 0 Å². The van der Waals surface area contributed by atoms with Crippen molar-refractivity contribution in [3.8, 4) is 0 Å². The molecule has 3 aliphatic rings. The first-order valence-electron chi connectivity index (χ1n) is 9.31. The van der Waals surface area contributed by atoms with E-state index in [9.17, 15) is 0 Å². The van der Waals surface area contributed by atoms with Crippen molar-refractivity contribution in [1.29, 1.82) is 0 Å². The summed E-state index contributed by atoms with van der Waals surface area (Å²) in [5.74, 6) is 6.51. The lowest BCUT2D eigenvalue weighted by atomic mass is 9.56. The minimum absolute atomic E-state index is 1.04. The molecule has 0 bridgehead atoms. The summed E-state index contributed by atoms with van der Waals surface area (Å²) < 4.78 is 0. The smallest absolute Gasteiger partial charge is 0.0355 e. The van der Waals surface area contributed by atoms with Gasteiger partial charge in [-0.05, 0) is 61.2 Å². The molecule has 0 spiro atoms. The molecular weight excluding hydrogens is 228 g/mol. The highest BCUT2D eigenvalue weighted by atomic mass is 14.5. The summed E-state index contributed by atoms with van der Waals surface area (Å²) in [5, 5.41) is 0. The van der Waals surface area contributed by atoms with Crippen molar-refractivity contribution in [2.45, 2.75) is 84.5 Å². The van der Waals surface area contributed by atoms with Gasteiger partial charge < -0.3 is 0 Å².